The zero-order chi connectivity index (χ0) is 11.7. The van der Waals surface area contributed by atoms with Gasteiger partial charge in [-0.15, -0.1) is 0 Å². The first-order valence-corrected chi connectivity index (χ1v) is 5.49. The van der Waals surface area contributed by atoms with Crippen LogP contribution in [0.2, 0.25) is 0 Å². The zero-order valence-electron chi connectivity index (χ0n) is 9.64. The van der Waals surface area contributed by atoms with E-state index in [-0.39, 0.29) is 17.4 Å². The van der Waals surface area contributed by atoms with Crippen molar-refractivity contribution >= 4 is 0 Å². The number of benzene rings is 1. The Labute approximate surface area is 95.6 Å². The Kier molecular flexibility index (Phi) is 2.77. The molecule has 0 spiro atoms. The van der Waals surface area contributed by atoms with Gasteiger partial charge in [0, 0.05) is 25.1 Å². The van der Waals surface area contributed by atoms with E-state index in [1.54, 1.807) is 12.1 Å². The molecule has 0 radical (unpaired) electrons. The summed E-state index contributed by atoms with van der Waals surface area (Å²) < 4.78 is 0. The van der Waals surface area contributed by atoms with Gasteiger partial charge in [0.25, 0.3) is 0 Å². The molecule has 0 amide bonds. The van der Waals surface area contributed by atoms with Crippen LogP contribution in [0.1, 0.15) is 23.5 Å². The van der Waals surface area contributed by atoms with E-state index < -0.39 is 0 Å². The van der Waals surface area contributed by atoms with Crippen molar-refractivity contribution in [2.45, 2.75) is 19.3 Å². The lowest BCUT2D eigenvalue weighted by Gasteiger charge is -2.25. The molecule has 0 aliphatic carbocycles. The van der Waals surface area contributed by atoms with Crippen LogP contribution in [-0.4, -0.2) is 28.7 Å². The third-order valence-electron chi connectivity index (χ3n) is 3.02. The minimum absolute atomic E-state index is 0.108. The molecule has 1 aliphatic rings. The van der Waals surface area contributed by atoms with Gasteiger partial charge in [0.2, 0.25) is 0 Å². The fourth-order valence-electron chi connectivity index (χ4n) is 2.14. The van der Waals surface area contributed by atoms with Gasteiger partial charge >= 0.3 is 0 Å². The van der Waals surface area contributed by atoms with Crippen LogP contribution >= 0.6 is 0 Å². The Balaban J connectivity index is 2.37. The van der Waals surface area contributed by atoms with Gasteiger partial charge in [-0.25, -0.2) is 0 Å². The minimum Gasteiger partial charge on any atom is -0.507 e. The average Bonchev–Trinajstić information content (AvgIpc) is 2.19. The highest BCUT2D eigenvalue weighted by Crippen LogP contribution is 2.38. The maximum Gasteiger partial charge on any atom is 0.123 e. The fourth-order valence-corrected chi connectivity index (χ4v) is 2.14. The quantitative estimate of drug-likeness (QED) is 0.762. The lowest BCUT2D eigenvalue weighted by molar-refractivity contribution is 0.389. The smallest absolute Gasteiger partial charge is 0.123 e. The first-order valence-electron chi connectivity index (χ1n) is 5.49. The monoisotopic (exact) mass is 219 g/mol. The standard InChI is InChI=1S/C13H17NO2/c1-9-7-11(15)13(12(16)8-9)10-3-5-14(2)6-4-10/h3,5,7-8,10,15-16H,4,6H2,1-2H3. The summed E-state index contributed by atoms with van der Waals surface area (Å²) in [5.74, 6) is 0.491. The highest BCUT2D eigenvalue weighted by molar-refractivity contribution is 5.50. The number of rotatable bonds is 1. The Morgan fingerprint density at radius 1 is 1.25 bits per heavy atom. The molecule has 0 bridgehead atoms. The van der Waals surface area contributed by atoms with Gasteiger partial charge in [-0.3, -0.25) is 0 Å². The van der Waals surface area contributed by atoms with Gasteiger partial charge < -0.3 is 15.1 Å². The molecule has 3 heteroatoms. The second-order valence-corrected chi connectivity index (χ2v) is 4.43. The average molecular weight is 219 g/mol. The third kappa shape index (κ3) is 1.98. The number of phenols is 2. The number of aryl methyl sites for hydroxylation is 1. The summed E-state index contributed by atoms with van der Waals surface area (Å²) in [5, 5.41) is 19.8. The molecule has 0 aromatic heterocycles. The van der Waals surface area contributed by atoms with Gasteiger partial charge in [0.15, 0.2) is 0 Å². The van der Waals surface area contributed by atoms with E-state index in [1.165, 1.54) is 0 Å². The second-order valence-electron chi connectivity index (χ2n) is 4.43. The van der Waals surface area contributed by atoms with Crippen molar-refractivity contribution in [2.24, 2.45) is 0 Å². The second kappa shape index (κ2) is 4.08. The molecule has 1 aromatic carbocycles. The van der Waals surface area contributed by atoms with E-state index in [1.807, 2.05) is 26.2 Å². The Morgan fingerprint density at radius 3 is 2.38 bits per heavy atom. The normalized spacial score (nSPS) is 20.1. The summed E-state index contributed by atoms with van der Waals surface area (Å²) in [5.41, 5.74) is 1.52. The van der Waals surface area contributed by atoms with Crippen molar-refractivity contribution in [2.75, 3.05) is 13.6 Å². The van der Waals surface area contributed by atoms with Gasteiger partial charge in [-0.2, -0.15) is 0 Å². The predicted octanol–water partition coefficient (Wildman–Crippen LogP) is 2.34. The Morgan fingerprint density at radius 2 is 1.88 bits per heavy atom. The van der Waals surface area contributed by atoms with Crippen molar-refractivity contribution in [1.29, 1.82) is 0 Å². The molecular weight excluding hydrogens is 202 g/mol. The molecule has 2 rings (SSSR count). The molecule has 0 fully saturated rings. The number of allylic oxidation sites excluding steroid dienone is 1. The summed E-state index contributed by atoms with van der Waals surface area (Å²) in [7, 11) is 2.02. The van der Waals surface area contributed by atoms with Crippen molar-refractivity contribution in [3.8, 4) is 11.5 Å². The van der Waals surface area contributed by atoms with E-state index in [0.717, 1.165) is 18.5 Å². The van der Waals surface area contributed by atoms with Crippen LogP contribution in [0.3, 0.4) is 0 Å². The van der Waals surface area contributed by atoms with Crippen molar-refractivity contribution in [1.82, 2.24) is 4.90 Å². The van der Waals surface area contributed by atoms with Crippen molar-refractivity contribution < 1.29 is 10.2 Å². The topological polar surface area (TPSA) is 43.7 Å². The Hall–Kier alpha value is -1.64. The van der Waals surface area contributed by atoms with Gasteiger partial charge in [-0.1, -0.05) is 6.08 Å². The maximum atomic E-state index is 9.88. The molecule has 0 saturated carbocycles. The lowest BCUT2D eigenvalue weighted by atomic mass is 9.91. The van der Waals surface area contributed by atoms with E-state index in [9.17, 15) is 10.2 Å². The summed E-state index contributed by atoms with van der Waals surface area (Å²) in [6, 6.07) is 3.39. The molecule has 0 saturated heterocycles. The maximum absolute atomic E-state index is 9.88. The number of aromatic hydroxyl groups is 2. The van der Waals surface area contributed by atoms with Gasteiger partial charge in [0.1, 0.15) is 11.5 Å². The van der Waals surface area contributed by atoms with Crippen molar-refractivity contribution in [3.05, 3.63) is 35.5 Å². The third-order valence-corrected chi connectivity index (χ3v) is 3.02. The van der Waals surface area contributed by atoms with Crippen LogP contribution in [0.25, 0.3) is 0 Å². The zero-order valence-corrected chi connectivity index (χ0v) is 9.64. The minimum atomic E-state index is 0.108. The van der Waals surface area contributed by atoms with E-state index in [4.69, 9.17) is 0 Å². The number of phenolic OH excluding ortho intramolecular Hbond substituents is 2. The SMILES string of the molecule is Cc1cc(O)c(C2C=CN(C)CC2)c(O)c1. The number of hydrogen-bond acceptors (Lipinski definition) is 3. The first-order chi connectivity index (χ1) is 7.58. The lowest BCUT2D eigenvalue weighted by Crippen LogP contribution is -2.19. The van der Waals surface area contributed by atoms with Crippen LogP contribution in [0.5, 0.6) is 11.5 Å². The van der Waals surface area contributed by atoms with E-state index in [0.29, 0.717) is 5.56 Å². The largest absolute Gasteiger partial charge is 0.507 e. The van der Waals surface area contributed by atoms with Gasteiger partial charge in [-0.05, 0) is 37.2 Å². The molecular formula is C13H17NO2. The molecule has 1 heterocycles. The van der Waals surface area contributed by atoms with Crippen LogP contribution in [0, 0.1) is 6.92 Å². The Bertz CT molecular complexity index is 403. The highest BCUT2D eigenvalue weighted by atomic mass is 16.3. The van der Waals surface area contributed by atoms with Crippen LogP contribution < -0.4 is 0 Å². The fraction of sp³-hybridized carbons (Fsp3) is 0.385. The van der Waals surface area contributed by atoms with Crippen LogP contribution in [0.15, 0.2) is 24.4 Å². The summed E-state index contributed by atoms with van der Waals surface area (Å²) in [6.07, 6.45) is 4.93. The number of nitrogens with zero attached hydrogens (tertiary/aromatic N) is 1. The molecule has 2 N–H and O–H groups in total. The first kappa shape index (κ1) is 10.9. The molecule has 1 atom stereocenters. The predicted molar refractivity (Wildman–Crippen MR) is 63.6 cm³/mol. The van der Waals surface area contributed by atoms with Crippen LogP contribution in [-0.2, 0) is 0 Å². The van der Waals surface area contributed by atoms with Gasteiger partial charge in [0.05, 0.1) is 0 Å². The molecule has 3 nitrogen and oxygen atoms in total. The molecule has 16 heavy (non-hydrogen) atoms. The molecule has 1 unspecified atom stereocenters. The molecule has 1 aliphatic heterocycles. The van der Waals surface area contributed by atoms with Crippen molar-refractivity contribution in [3.63, 3.8) is 0 Å². The van der Waals surface area contributed by atoms with E-state index >= 15 is 0 Å². The van der Waals surface area contributed by atoms with Crippen LogP contribution in [0.4, 0.5) is 0 Å². The summed E-state index contributed by atoms with van der Waals surface area (Å²) in [4.78, 5) is 2.10. The molecule has 1 aromatic rings. The molecule has 86 valence electrons. The number of hydrogen-bond donors (Lipinski definition) is 2. The summed E-state index contributed by atoms with van der Waals surface area (Å²) in [6.45, 7) is 2.79. The highest BCUT2D eigenvalue weighted by Gasteiger charge is 2.20. The summed E-state index contributed by atoms with van der Waals surface area (Å²) >= 11 is 0. The van der Waals surface area contributed by atoms with E-state index in [2.05, 4.69) is 4.90 Å².